The molecule has 1 N–H and O–H groups in total. The highest BCUT2D eigenvalue weighted by molar-refractivity contribution is 6.31. The summed E-state index contributed by atoms with van der Waals surface area (Å²) >= 11 is 6.48. The van der Waals surface area contributed by atoms with E-state index in [-0.39, 0.29) is 5.91 Å². The Bertz CT molecular complexity index is 1090. The van der Waals surface area contributed by atoms with Gasteiger partial charge in [-0.3, -0.25) is 9.69 Å². The Kier molecular flexibility index (Phi) is 7.10. The van der Waals surface area contributed by atoms with Crippen molar-refractivity contribution in [2.45, 2.75) is 13.5 Å². The summed E-state index contributed by atoms with van der Waals surface area (Å²) < 4.78 is 6.39. The largest absolute Gasteiger partial charge is 0.452 e. The van der Waals surface area contributed by atoms with Crippen molar-refractivity contribution < 1.29 is 14.3 Å². The van der Waals surface area contributed by atoms with E-state index in [1.54, 1.807) is 42.1 Å². The van der Waals surface area contributed by atoms with Gasteiger partial charge in [0.25, 0.3) is 0 Å². The Morgan fingerprint density at radius 2 is 1.84 bits per heavy atom. The maximum absolute atomic E-state index is 12.3. The molecular formula is C23H23ClN4O3. The number of anilines is 2. The lowest BCUT2D eigenvalue weighted by Gasteiger charge is -2.15. The van der Waals surface area contributed by atoms with Gasteiger partial charge in [-0.1, -0.05) is 41.9 Å². The lowest BCUT2D eigenvalue weighted by atomic mass is 10.2. The molecule has 3 rings (SSSR count). The van der Waals surface area contributed by atoms with Gasteiger partial charge in [0, 0.05) is 30.1 Å². The van der Waals surface area contributed by atoms with E-state index >= 15 is 0 Å². The maximum Gasteiger partial charge on any atom is 0.413 e. The fourth-order valence-corrected chi connectivity index (χ4v) is 3.27. The molecule has 1 aromatic heterocycles. The normalized spacial score (nSPS) is 10.8. The Morgan fingerprint density at radius 1 is 1.16 bits per heavy atom. The number of aryl methyl sites for hydroxylation is 1. The topological polar surface area (TPSA) is 76.5 Å². The summed E-state index contributed by atoms with van der Waals surface area (Å²) in [5.41, 5.74) is 3.76. The fourth-order valence-electron chi connectivity index (χ4n) is 2.97. The molecule has 0 unspecified atom stereocenters. The number of hydrogen-bond acceptors (Lipinski definition) is 4. The number of carbonyl (C=O) groups excluding carboxylic acids is 2. The van der Waals surface area contributed by atoms with Crippen LogP contribution >= 0.6 is 11.6 Å². The smallest absolute Gasteiger partial charge is 0.413 e. The van der Waals surface area contributed by atoms with Crippen molar-refractivity contribution in [1.82, 2.24) is 9.78 Å². The molecule has 0 aliphatic carbocycles. The van der Waals surface area contributed by atoms with E-state index in [9.17, 15) is 9.59 Å². The minimum absolute atomic E-state index is 0.305. The molecule has 7 nitrogen and oxygen atoms in total. The van der Waals surface area contributed by atoms with Crippen LogP contribution in [0.15, 0.2) is 60.7 Å². The first-order valence-electron chi connectivity index (χ1n) is 9.56. The Hall–Kier alpha value is -3.58. The zero-order valence-corrected chi connectivity index (χ0v) is 18.3. The van der Waals surface area contributed by atoms with Gasteiger partial charge in [0.1, 0.15) is 5.15 Å². The van der Waals surface area contributed by atoms with Gasteiger partial charge in [-0.2, -0.15) is 5.10 Å². The van der Waals surface area contributed by atoms with Gasteiger partial charge in [0.15, 0.2) is 0 Å². The Morgan fingerprint density at radius 3 is 2.48 bits per heavy atom. The van der Waals surface area contributed by atoms with E-state index in [1.165, 1.54) is 18.1 Å². The van der Waals surface area contributed by atoms with Gasteiger partial charge in [-0.15, -0.1) is 0 Å². The predicted octanol–water partition coefficient (Wildman–Crippen LogP) is 4.75. The van der Waals surface area contributed by atoms with Gasteiger partial charge < -0.3 is 10.1 Å². The van der Waals surface area contributed by atoms with Crippen molar-refractivity contribution in [2.75, 3.05) is 24.4 Å². The third-order valence-corrected chi connectivity index (χ3v) is 5.06. The number of hydrogen-bond donors (Lipinski definition) is 1. The molecule has 8 heteroatoms. The number of aromatic nitrogens is 2. The molecule has 0 atom stereocenters. The third-order valence-electron chi connectivity index (χ3n) is 4.66. The van der Waals surface area contributed by atoms with Crippen LogP contribution in [0.3, 0.4) is 0 Å². The van der Waals surface area contributed by atoms with Crippen LogP contribution in [0.4, 0.5) is 16.2 Å². The molecular weight excluding hydrogens is 416 g/mol. The Balaban J connectivity index is 1.65. The predicted molar refractivity (Wildman–Crippen MR) is 122 cm³/mol. The highest BCUT2D eigenvalue weighted by Crippen LogP contribution is 2.23. The van der Waals surface area contributed by atoms with Gasteiger partial charge in [-0.25, -0.2) is 9.48 Å². The molecule has 1 heterocycles. The first-order valence-corrected chi connectivity index (χ1v) is 9.94. The van der Waals surface area contributed by atoms with Crippen LogP contribution in [-0.4, -0.2) is 35.9 Å². The van der Waals surface area contributed by atoms with Crippen molar-refractivity contribution in [3.05, 3.63) is 82.6 Å². The SMILES string of the molecule is COC(=O)N(C)c1ccc(NC(=O)/C=C/c2c(C)nn(Cc3ccccc3)c2Cl)cc1. The second kappa shape index (κ2) is 9.95. The standard InChI is InChI=1S/C23H23ClN4O3/c1-16-20(22(24)28(26-16)15-17-7-5-4-6-8-17)13-14-21(29)25-18-9-11-19(12-10-18)27(2)23(30)31-3/h4-14H,15H2,1-3H3,(H,25,29)/b14-13+. The van der Waals surface area contributed by atoms with E-state index in [0.29, 0.717) is 28.6 Å². The number of halogens is 1. The van der Waals surface area contributed by atoms with Crippen molar-refractivity contribution >= 4 is 41.1 Å². The van der Waals surface area contributed by atoms with Crippen molar-refractivity contribution in [3.63, 3.8) is 0 Å². The van der Waals surface area contributed by atoms with Gasteiger partial charge in [-0.05, 0) is 42.8 Å². The number of nitrogens with one attached hydrogen (secondary N) is 1. The van der Waals surface area contributed by atoms with Gasteiger partial charge in [0.05, 0.1) is 19.3 Å². The zero-order valence-electron chi connectivity index (χ0n) is 17.5. The third kappa shape index (κ3) is 5.52. The molecule has 0 aliphatic heterocycles. The first-order chi connectivity index (χ1) is 14.9. The average molecular weight is 439 g/mol. The van der Waals surface area contributed by atoms with Crippen LogP contribution < -0.4 is 10.2 Å². The number of amides is 2. The zero-order chi connectivity index (χ0) is 22.4. The molecule has 3 aromatic rings. The molecule has 0 fully saturated rings. The number of ether oxygens (including phenoxy) is 1. The van der Waals surface area contributed by atoms with E-state index in [4.69, 9.17) is 11.6 Å². The van der Waals surface area contributed by atoms with E-state index in [2.05, 4.69) is 15.2 Å². The number of benzene rings is 2. The molecule has 0 saturated heterocycles. The quantitative estimate of drug-likeness (QED) is 0.563. The molecule has 2 aromatic carbocycles. The number of rotatable bonds is 6. The second-order valence-corrected chi connectivity index (χ2v) is 7.19. The summed E-state index contributed by atoms with van der Waals surface area (Å²) in [6.45, 7) is 2.40. The molecule has 160 valence electrons. The molecule has 2 amide bonds. The van der Waals surface area contributed by atoms with Crippen LogP contribution in [0.5, 0.6) is 0 Å². The lowest BCUT2D eigenvalue weighted by Crippen LogP contribution is -2.25. The van der Waals surface area contributed by atoms with Crippen molar-refractivity contribution in [3.8, 4) is 0 Å². The van der Waals surface area contributed by atoms with Gasteiger partial charge in [0.2, 0.25) is 5.91 Å². The Labute approximate surface area is 185 Å². The summed E-state index contributed by atoms with van der Waals surface area (Å²) in [6.07, 6.45) is 2.60. The second-order valence-electron chi connectivity index (χ2n) is 6.83. The number of methoxy groups -OCH3 is 1. The van der Waals surface area contributed by atoms with Crippen LogP contribution in [0.1, 0.15) is 16.8 Å². The summed E-state index contributed by atoms with van der Waals surface area (Å²) in [5, 5.41) is 7.72. The summed E-state index contributed by atoms with van der Waals surface area (Å²) in [7, 11) is 2.92. The van der Waals surface area contributed by atoms with Crippen LogP contribution in [-0.2, 0) is 16.1 Å². The molecule has 0 saturated carbocycles. The molecule has 31 heavy (non-hydrogen) atoms. The molecule has 0 aliphatic rings. The maximum atomic E-state index is 12.3. The van der Waals surface area contributed by atoms with E-state index in [1.807, 2.05) is 37.3 Å². The molecule has 0 radical (unpaired) electrons. The highest BCUT2D eigenvalue weighted by atomic mass is 35.5. The van der Waals surface area contributed by atoms with Crippen LogP contribution in [0.2, 0.25) is 5.15 Å². The fraction of sp³-hybridized carbons (Fsp3) is 0.174. The number of nitrogens with zero attached hydrogens (tertiary/aromatic N) is 3. The molecule has 0 bridgehead atoms. The van der Waals surface area contributed by atoms with Crippen LogP contribution in [0, 0.1) is 6.92 Å². The summed E-state index contributed by atoms with van der Waals surface area (Å²) in [4.78, 5) is 25.3. The van der Waals surface area contributed by atoms with E-state index in [0.717, 1.165) is 11.3 Å². The summed E-state index contributed by atoms with van der Waals surface area (Å²) in [6, 6.07) is 16.7. The highest BCUT2D eigenvalue weighted by Gasteiger charge is 2.12. The van der Waals surface area contributed by atoms with Crippen molar-refractivity contribution in [2.24, 2.45) is 0 Å². The van der Waals surface area contributed by atoms with Crippen LogP contribution in [0.25, 0.3) is 6.08 Å². The minimum atomic E-state index is -0.472. The first kappa shape index (κ1) is 22.1. The monoisotopic (exact) mass is 438 g/mol. The molecule has 0 spiro atoms. The van der Waals surface area contributed by atoms with E-state index < -0.39 is 6.09 Å². The minimum Gasteiger partial charge on any atom is -0.452 e. The number of carbonyl (C=O) groups is 2. The summed E-state index contributed by atoms with van der Waals surface area (Å²) in [5.74, 6) is -0.305. The average Bonchev–Trinajstić information content (AvgIpc) is 3.04. The van der Waals surface area contributed by atoms with Gasteiger partial charge >= 0.3 is 6.09 Å². The lowest BCUT2D eigenvalue weighted by molar-refractivity contribution is -0.111. The van der Waals surface area contributed by atoms with Crippen molar-refractivity contribution in [1.29, 1.82) is 0 Å².